The first-order valence-electron chi connectivity index (χ1n) is 5.94. The standard InChI is InChI=1S/C13H19NO3S/c1-10(2)8-9-12-6-4-5-7-13(12)18(16,17)14-11(3)15/h4-7,10H,8-9H2,1-3H3,(H,14,15). The van der Waals surface area contributed by atoms with E-state index in [2.05, 4.69) is 13.8 Å². The zero-order chi connectivity index (χ0) is 13.8. The molecule has 1 N–H and O–H groups in total. The van der Waals surface area contributed by atoms with Crippen LogP contribution in [0.5, 0.6) is 0 Å². The predicted octanol–water partition coefficient (Wildman–Crippen LogP) is 2.10. The lowest BCUT2D eigenvalue weighted by Crippen LogP contribution is -2.29. The summed E-state index contributed by atoms with van der Waals surface area (Å²) < 4.78 is 25.9. The van der Waals surface area contributed by atoms with Gasteiger partial charge in [0.2, 0.25) is 5.91 Å². The molecule has 1 aromatic rings. The summed E-state index contributed by atoms with van der Waals surface area (Å²) in [6.07, 6.45) is 1.60. The highest BCUT2D eigenvalue weighted by Gasteiger charge is 2.18. The van der Waals surface area contributed by atoms with Crippen molar-refractivity contribution in [3.8, 4) is 0 Å². The Morgan fingerprint density at radius 2 is 1.89 bits per heavy atom. The van der Waals surface area contributed by atoms with Gasteiger partial charge in [0.25, 0.3) is 10.0 Å². The molecule has 1 amide bonds. The number of amides is 1. The number of hydrogen-bond acceptors (Lipinski definition) is 3. The average Bonchev–Trinajstić information content (AvgIpc) is 2.25. The van der Waals surface area contributed by atoms with Crippen LogP contribution in [0.15, 0.2) is 29.2 Å². The molecule has 5 heteroatoms. The molecule has 0 aliphatic rings. The topological polar surface area (TPSA) is 63.2 Å². The van der Waals surface area contributed by atoms with Crippen LogP contribution < -0.4 is 4.72 Å². The van der Waals surface area contributed by atoms with Gasteiger partial charge in [0.1, 0.15) is 0 Å². The van der Waals surface area contributed by atoms with E-state index >= 15 is 0 Å². The maximum absolute atomic E-state index is 12.0. The van der Waals surface area contributed by atoms with Crippen LogP contribution in [0.1, 0.15) is 32.8 Å². The lowest BCUT2D eigenvalue weighted by molar-refractivity contribution is -0.117. The van der Waals surface area contributed by atoms with Crippen LogP contribution in [0, 0.1) is 5.92 Å². The second kappa shape index (κ2) is 6.00. The average molecular weight is 269 g/mol. The molecule has 1 rings (SSSR count). The van der Waals surface area contributed by atoms with E-state index in [1.54, 1.807) is 12.1 Å². The van der Waals surface area contributed by atoms with Crippen molar-refractivity contribution in [1.29, 1.82) is 0 Å². The molecule has 1 aromatic carbocycles. The number of rotatable bonds is 5. The van der Waals surface area contributed by atoms with Gasteiger partial charge in [-0.05, 0) is 30.4 Å². The fourth-order valence-corrected chi connectivity index (χ4v) is 2.92. The summed E-state index contributed by atoms with van der Waals surface area (Å²) in [5.74, 6) is -0.0739. The normalized spacial score (nSPS) is 11.6. The van der Waals surface area contributed by atoms with Gasteiger partial charge in [-0.25, -0.2) is 13.1 Å². The summed E-state index contributed by atoms with van der Waals surface area (Å²) in [5, 5.41) is 0. The van der Waals surface area contributed by atoms with Crippen molar-refractivity contribution in [2.75, 3.05) is 0 Å². The first-order chi connectivity index (χ1) is 8.33. The molecule has 100 valence electrons. The van der Waals surface area contributed by atoms with Crippen molar-refractivity contribution < 1.29 is 13.2 Å². The Morgan fingerprint density at radius 1 is 1.28 bits per heavy atom. The number of nitrogens with one attached hydrogen (secondary N) is 1. The highest BCUT2D eigenvalue weighted by atomic mass is 32.2. The third kappa shape index (κ3) is 4.14. The molecule has 0 radical (unpaired) electrons. The van der Waals surface area contributed by atoms with Crippen LogP contribution in [0.4, 0.5) is 0 Å². The SMILES string of the molecule is CC(=O)NS(=O)(=O)c1ccccc1CCC(C)C. The monoisotopic (exact) mass is 269 g/mol. The minimum absolute atomic E-state index is 0.195. The molecule has 0 atom stereocenters. The summed E-state index contributed by atoms with van der Waals surface area (Å²) >= 11 is 0. The number of carbonyl (C=O) groups excluding carboxylic acids is 1. The fraction of sp³-hybridized carbons (Fsp3) is 0.462. The van der Waals surface area contributed by atoms with E-state index in [9.17, 15) is 13.2 Å². The molecule has 0 fully saturated rings. The summed E-state index contributed by atoms with van der Waals surface area (Å²) in [5.41, 5.74) is 0.750. The van der Waals surface area contributed by atoms with Crippen LogP contribution in [-0.2, 0) is 21.2 Å². The molecular weight excluding hydrogens is 250 g/mol. The number of aryl methyl sites for hydroxylation is 1. The van der Waals surface area contributed by atoms with Gasteiger partial charge < -0.3 is 0 Å². The molecule has 4 nitrogen and oxygen atoms in total. The Bertz CT molecular complexity index is 521. The highest BCUT2D eigenvalue weighted by Crippen LogP contribution is 2.18. The smallest absolute Gasteiger partial charge is 0.264 e. The molecule has 0 spiro atoms. The summed E-state index contributed by atoms with van der Waals surface area (Å²) in [4.78, 5) is 11.1. The Morgan fingerprint density at radius 3 is 2.44 bits per heavy atom. The van der Waals surface area contributed by atoms with E-state index < -0.39 is 15.9 Å². The van der Waals surface area contributed by atoms with Gasteiger partial charge in [0.15, 0.2) is 0 Å². The van der Waals surface area contributed by atoms with Crippen LogP contribution >= 0.6 is 0 Å². The second-order valence-electron chi connectivity index (χ2n) is 4.70. The molecule has 0 aromatic heterocycles. The molecule has 0 heterocycles. The van der Waals surface area contributed by atoms with Gasteiger partial charge in [-0.1, -0.05) is 32.0 Å². The van der Waals surface area contributed by atoms with E-state index in [4.69, 9.17) is 0 Å². The fourth-order valence-electron chi connectivity index (χ4n) is 1.66. The maximum atomic E-state index is 12.0. The van der Waals surface area contributed by atoms with Crippen molar-refractivity contribution >= 4 is 15.9 Å². The Balaban J connectivity index is 3.05. The lowest BCUT2D eigenvalue weighted by Gasteiger charge is -2.11. The van der Waals surface area contributed by atoms with Crippen molar-refractivity contribution in [3.05, 3.63) is 29.8 Å². The zero-order valence-corrected chi connectivity index (χ0v) is 11.8. The van der Waals surface area contributed by atoms with Crippen molar-refractivity contribution in [2.24, 2.45) is 5.92 Å². The summed E-state index contributed by atoms with van der Waals surface area (Å²) in [6, 6.07) is 6.79. The van der Waals surface area contributed by atoms with Crippen LogP contribution in [0.3, 0.4) is 0 Å². The van der Waals surface area contributed by atoms with Crippen LogP contribution in [-0.4, -0.2) is 14.3 Å². The summed E-state index contributed by atoms with van der Waals surface area (Å²) in [7, 11) is -3.74. The third-order valence-electron chi connectivity index (χ3n) is 2.53. The quantitative estimate of drug-likeness (QED) is 0.890. The van der Waals surface area contributed by atoms with E-state index in [-0.39, 0.29) is 4.90 Å². The van der Waals surface area contributed by atoms with Gasteiger partial charge >= 0.3 is 0 Å². The van der Waals surface area contributed by atoms with Gasteiger partial charge in [-0.15, -0.1) is 0 Å². The van der Waals surface area contributed by atoms with E-state index in [1.807, 2.05) is 10.8 Å². The maximum Gasteiger partial charge on any atom is 0.264 e. The molecule has 0 saturated carbocycles. The van der Waals surface area contributed by atoms with Gasteiger partial charge in [0.05, 0.1) is 4.90 Å². The van der Waals surface area contributed by atoms with Gasteiger partial charge in [-0.2, -0.15) is 0 Å². The molecule has 0 unspecified atom stereocenters. The minimum atomic E-state index is -3.74. The van der Waals surface area contributed by atoms with E-state index in [1.165, 1.54) is 13.0 Å². The number of sulfonamides is 1. The van der Waals surface area contributed by atoms with Crippen molar-refractivity contribution in [1.82, 2.24) is 4.72 Å². The Kier molecular flexibility index (Phi) is 4.90. The highest BCUT2D eigenvalue weighted by molar-refractivity contribution is 7.90. The predicted molar refractivity (Wildman–Crippen MR) is 70.6 cm³/mol. The lowest BCUT2D eigenvalue weighted by atomic mass is 10.0. The van der Waals surface area contributed by atoms with E-state index in [0.29, 0.717) is 12.3 Å². The van der Waals surface area contributed by atoms with Crippen LogP contribution in [0.2, 0.25) is 0 Å². The first kappa shape index (κ1) is 14.7. The van der Waals surface area contributed by atoms with Crippen LogP contribution in [0.25, 0.3) is 0 Å². The Hall–Kier alpha value is -1.36. The van der Waals surface area contributed by atoms with Gasteiger partial charge in [-0.3, -0.25) is 4.79 Å². The largest absolute Gasteiger partial charge is 0.274 e. The Labute approximate surface area is 108 Å². The zero-order valence-electron chi connectivity index (χ0n) is 10.9. The minimum Gasteiger partial charge on any atom is -0.274 e. The summed E-state index contributed by atoms with van der Waals surface area (Å²) in [6.45, 7) is 5.37. The third-order valence-corrected chi connectivity index (χ3v) is 4.06. The van der Waals surface area contributed by atoms with Crippen molar-refractivity contribution in [3.63, 3.8) is 0 Å². The first-order valence-corrected chi connectivity index (χ1v) is 7.42. The molecule has 0 aliphatic carbocycles. The molecule has 0 aliphatic heterocycles. The number of hydrogen-bond donors (Lipinski definition) is 1. The van der Waals surface area contributed by atoms with Crippen molar-refractivity contribution in [2.45, 2.75) is 38.5 Å². The second-order valence-corrected chi connectivity index (χ2v) is 6.35. The molecular formula is C13H19NO3S. The van der Waals surface area contributed by atoms with E-state index in [0.717, 1.165) is 12.0 Å². The number of carbonyl (C=O) groups is 1. The molecule has 0 bridgehead atoms. The molecule has 18 heavy (non-hydrogen) atoms. The molecule has 0 saturated heterocycles. The van der Waals surface area contributed by atoms with Gasteiger partial charge in [0, 0.05) is 6.92 Å². The number of benzene rings is 1.